The van der Waals surface area contributed by atoms with Crippen LogP contribution in [-0.2, 0) is 4.79 Å². The predicted molar refractivity (Wildman–Crippen MR) is 91.1 cm³/mol. The first-order chi connectivity index (χ1) is 11.0. The zero-order chi connectivity index (χ0) is 16.4. The molecule has 1 aliphatic heterocycles. The minimum atomic E-state index is -0.268. The molecule has 1 saturated heterocycles. The topological polar surface area (TPSA) is 54.0 Å². The predicted octanol–water partition coefficient (Wildman–Crippen LogP) is 3.58. The zero-order valence-electron chi connectivity index (χ0n) is 13.2. The van der Waals surface area contributed by atoms with Gasteiger partial charge < -0.3 is 10.6 Å². The number of halogens is 1. The minimum absolute atomic E-state index is 0.0322. The van der Waals surface area contributed by atoms with Crippen molar-refractivity contribution in [3.63, 3.8) is 0 Å². The van der Waals surface area contributed by atoms with Crippen LogP contribution in [0.15, 0.2) is 24.3 Å². The van der Waals surface area contributed by atoms with Crippen molar-refractivity contribution in [1.82, 2.24) is 10.3 Å². The highest BCUT2D eigenvalue weighted by Gasteiger charge is 2.25. The number of hydrogen-bond donors (Lipinski definition) is 2. The van der Waals surface area contributed by atoms with Crippen LogP contribution in [0.4, 0.5) is 9.52 Å². The van der Waals surface area contributed by atoms with Gasteiger partial charge in [-0.1, -0.05) is 0 Å². The first kappa shape index (κ1) is 16.1. The van der Waals surface area contributed by atoms with Crippen LogP contribution in [0.25, 0.3) is 11.3 Å². The van der Waals surface area contributed by atoms with Crippen LogP contribution in [0.5, 0.6) is 0 Å². The van der Waals surface area contributed by atoms with Gasteiger partial charge in [-0.25, -0.2) is 9.37 Å². The van der Waals surface area contributed by atoms with Crippen molar-refractivity contribution in [1.29, 1.82) is 0 Å². The summed E-state index contributed by atoms with van der Waals surface area (Å²) in [7, 11) is 0. The van der Waals surface area contributed by atoms with Crippen molar-refractivity contribution < 1.29 is 9.18 Å². The first-order valence-corrected chi connectivity index (χ1v) is 8.62. The molecule has 1 amide bonds. The molecule has 2 atom stereocenters. The lowest BCUT2D eigenvalue weighted by Gasteiger charge is -2.26. The average molecular weight is 333 g/mol. The number of carbonyl (C=O) groups is 1. The first-order valence-electron chi connectivity index (χ1n) is 7.80. The van der Waals surface area contributed by atoms with Gasteiger partial charge in [0.25, 0.3) is 0 Å². The molecule has 122 valence electrons. The summed E-state index contributed by atoms with van der Waals surface area (Å²) < 4.78 is 13.0. The molecule has 0 spiro atoms. The minimum Gasteiger partial charge on any atom is -0.314 e. The lowest BCUT2D eigenvalue weighted by atomic mass is 9.92. The van der Waals surface area contributed by atoms with Gasteiger partial charge in [0.2, 0.25) is 5.91 Å². The van der Waals surface area contributed by atoms with Crippen molar-refractivity contribution >= 4 is 22.4 Å². The Kier molecular flexibility index (Phi) is 4.73. The molecule has 6 heteroatoms. The second kappa shape index (κ2) is 6.76. The number of aromatic nitrogens is 1. The third-order valence-electron chi connectivity index (χ3n) is 4.14. The number of aryl methyl sites for hydroxylation is 1. The Balaban J connectivity index is 1.73. The highest BCUT2D eigenvalue weighted by atomic mass is 32.1. The molecule has 1 aromatic heterocycles. The fourth-order valence-electron chi connectivity index (χ4n) is 2.90. The standard InChI is InChI=1S/C17H20FN3OS/c1-10-9-13(7-8-19-10)16(22)21-17-20-15(11(2)23-17)12-3-5-14(18)6-4-12/h3-6,10,13,19H,7-9H2,1-2H3,(H,20,21,22)/t10-,13-/m0/s1. The summed E-state index contributed by atoms with van der Waals surface area (Å²) in [5, 5.41) is 6.90. The van der Waals surface area contributed by atoms with Crippen LogP contribution >= 0.6 is 11.3 Å². The maximum absolute atomic E-state index is 13.0. The molecular weight excluding hydrogens is 313 g/mol. The lowest BCUT2D eigenvalue weighted by Crippen LogP contribution is -2.40. The highest BCUT2D eigenvalue weighted by Crippen LogP contribution is 2.31. The second-order valence-corrected chi connectivity index (χ2v) is 7.20. The zero-order valence-corrected chi connectivity index (χ0v) is 14.0. The van der Waals surface area contributed by atoms with E-state index in [0.29, 0.717) is 11.2 Å². The van der Waals surface area contributed by atoms with E-state index in [1.54, 1.807) is 12.1 Å². The van der Waals surface area contributed by atoms with E-state index >= 15 is 0 Å². The van der Waals surface area contributed by atoms with E-state index in [4.69, 9.17) is 0 Å². The van der Waals surface area contributed by atoms with Crippen LogP contribution in [0.1, 0.15) is 24.6 Å². The summed E-state index contributed by atoms with van der Waals surface area (Å²) >= 11 is 1.45. The monoisotopic (exact) mass is 333 g/mol. The van der Waals surface area contributed by atoms with Crippen LogP contribution in [0.3, 0.4) is 0 Å². The Morgan fingerprint density at radius 1 is 1.39 bits per heavy atom. The van der Waals surface area contributed by atoms with Gasteiger partial charge in [-0.15, -0.1) is 11.3 Å². The van der Waals surface area contributed by atoms with Gasteiger partial charge >= 0.3 is 0 Å². The van der Waals surface area contributed by atoms with E-state index < -0.39 is 0 Å². The number of rotatable bonds is 3. The van der Waals surface area contributed by atoms with Gasteiger partial charge in [0.05, 0.1) is 5.69 Å². The Morgan fingerprint density at radius 3 is 2.83 bits per heavy atom. The molecule has 2 N–H and O–H groups in total. The number of hydrogen-bond acceptors (Lipinski definition) is 4. The number of anilines is 1. The maximum Gasteiger partial charge on any atom is 0.229 e. The smallest absolute Gasteiger partial charge is 0.229 e. The van der Waals surface area contributed by atoms with Crippen molar-refractivity contribution in [2.75, 3.05) is 11.9 Å². The molecular formula is C17H20FN3OS. The molecule has 2 heterocycles. The molecule has 0 saturated carbocycles. The Bertz CT molecular complexity index is 698. The Morgan fingerprint density at radius 2 is 2.13 bits per heavy atom. The van der Waals surface area contributed by atoms with E-state index in [9.17, 15) is 9.18 Å². The van der Waals surface area contributed by atoms with Gasteiger partial charge in [-0.3, -0.25) is 4.79 Å². The number of carbonyl (C=O) groups excluding carboxylic acids is 1. The largest absolute Gasteiger partial charge is 0.314 e. The average Bonchev–Trinajstić information content (AvgIpc) is 2.88. The molecule has 1 fully saturated rings. The van der Waals surface area contributed by atoms with Crippen LogP contribution < -0.4 is 10.6 Å². The molecule has 0 aliphatic carbocycles. The van der Waals surface area contributed by atoms with Gasteiger partial charge in [0.15, 0.2) is 5.13 Å². The summed E-state index contributed by atoms with van der Waals surface area (Å²) in [4.78, 5) is 17.9. The third kappa shape index (κ3) is 3.76. The number of piperidine rings is 1. The summed E-state index contributed by atoms with van der Waals surface area (Å²) in [6.07, 6.45) is 1.70. The summed E-state index contributed by atoms with van der Waals surface area (Å²) in [6.45, 7) is 4.93. The molecule has 1 aromatic carbocycles. The number of benzene rings is 1. The summed E-state index contributed by atoms with van der Waals surface area (Å²) in [5.41, 5.74) is 1.65. The van der Waals surface area contributed by atoms with Crippen molar-refractivity contribution in [3.05, 3.63) is 35.0 Å². The van der Waals surface area contributed by atoms with E-state index in [0.717, 1.165) is 35.5 Å². The quantitative estimate of drug-likeness (QED) is 0.902. The molecule has 0 bridgehead atoms. The molecule has 0 unspecified atom stereocenters. The van der Waals surface area contributed by atoms with Gasteiger partial charge in [0.1, 0.15) is 5.82 Å². The van der Waals surface area contributed by atoms with E-state index in [2.05, 4.69) is 22.5 Å². The van der Waals surface area contributed by atoms with E-state index in [1.807, 2.05) is 6.92 Å². The van der Waals surface area contributed by atoms with Crippen molar-refractivity contribution in [3.8, 4) is 11.3 Å². The molecule has 4 nitrogen and oxygen atoms in total. The van der Waals surface area contributed by atoms with Crippen LogP contribution in [0, 0.1) is 18.7 Å². The maximum atomic E-state index is 13.0. The van der Waals surface area contributed by atoms with Gasteiger partial charge in [-0.2, -0.15) is 0 Å². The third-order valence-corrected chi connectivity index (χ3v) is 5.03. The van der Waals surface area contributed by atoms with E-state index in [1.165, 1.54) is 23.5 Å². The van der Waals surface area contributed by atoms with Gasteiger partial charge in [-0.05, 0) is 57.5 Å². The van der Waals surface area contributed by atoms with E-state index in [-0.39, 0.29) is 17.6 Å². The molecule has 3 rings (SSSR count). The fraction of sp³-hybridized carbons (Fsp3) is 0.412. The molecule has 23 heavy (non-hydrogen) atoms. The highest BCUT2D eigenvalue weighted by molar-refractivity contribution is 7.16. The van der Waals surface area contributed by atoms with Crippen molar-refractivity contribution in [2.45, 2.75) is 32.7 Å². The Labute approximate surface area is 139 Å². The SMILES string of the molecule is Cc1sc(NC(=O)[C@H]2CCN[C@@H](C)C2)nc1-c1ccc(F)cc1. The lowest BCUT2D eigenvalue weighted by molar-refractivity contribution is -0.120. The molecule has 1 aliphatic rings. The van der Waals surface area contributed by atoms with Gasteiger partial charge in [0, 0.05) is 22.4 Å². The number of nitrogens with one attached hydrogen (secondary N) is 2. The number of thiazole rings is 1. The fourth-order valence-corrected chi connectivity index (χ4v) is 3.74. The number of nitrogens with zero attached hydrogens (tertiary/aromatic N) is 1. The summed E-state index contributed by atoms with van der Waals surface area (Å²) in [5.74, 6) is -0.197. The molecule has 2 aromatic rings. The summed E-state index contributed by atoms with van der Waals surface area (Å²) in [6, 6.07) is 6.62. The van der Waals surface area contributed by atoms with Crippen molar-refractivity contribution in [2.24, 2.45) is 5.92 Å². The van der Waals surface area contributed by atoms with Crippen LogP contribution in [-0.4, -0.2) is 23.5 Å². The second-order valence-electron chi connectivity index (χ2n) is 6.00. The molecule has 0 radical (unpaired) electrons. The Hall–Kier alpha value is -1.79. The number of amides is 1. The normalized spacial score (nSPS) is 21.2. The van der Waals surface area contributed by atoms with Crippen LogP contribution in [0.2, 0.25) is 0 Å².